The molecule has 0 aliphatic heterocycles. The minimum absolute atomic E-state index is 1.03. The van der Waals surface area contributed by atoms with Crippen molar-refractivity contribution in [3.05, 3.63) is 41.0 Å². The SMILES string of the molecule is CC.CC.CCC.CCC1=c2cnccc2=CCC=C1. The monoisotopic (exact) mass is 275 g/mol. The molecule has 0 fully saturated rings. The average Bonchev–Trinajstić information content (AvgIpc) is 2.74. The number of rotatable bonds is 1. The Balaban J connectivity index is 0. The zero-order chi connectivity index (χ0) is 15.8. The fourth-order valence-electron chi connectivity index (χ4n) is 1.65. The summed E-state index contributed by atoms with van der Waals surface area (Å²) in [6.45, 7) is 14.4. The summed E-state index contributed by atoms with van der Waals surface area (Å²) < 4.78 is 0. The topological polar surface area (TPSA) is 12.9 Å². The normalized spacial score (nSPS) is 11.1. The van der Waals surface area contributed by atoms with Crippen LogP contribution in [0.25, 0.3) is 11.6 Å². The zero-order valence-corrected chi connectivity index (χ0v) is 14.5. The number of hydrogen-bond donors (Lipinski definition) is 0. The molecule has 0 saturated heterocycles. The van der Waals surface area contributed by atoms with Crippen LogP contribution in [0.15, 0.2) is 30.6 Å². The number of fused-ring (bicyclic) bond motifs is 1. The van der Waals surface area contributed by atoms with Crippen molar-refractivity contribution in [1.29, 1.82) is 0 Å². The lowest BCUT2D eigenvalue weighted by Crippen LogP contribution is -2.26. The smallest absolute Gasteiger partial charge is 0.0348 e. The number of allylic oxidation sites excluding steroid dienone is 2. The lowest BCUT2D eigenvalue weighted by atomic mass is 10.1. The molecule has 0 spiro atoms. The summed E-state index contributed by atoms with van der Waals surface area (Å²) in [7, 11) is 0. The highest BCUT2D eigenvalue weighted by Crippen LogP contribution is 2.03. The molecule has 0 N–H and O–H groups in total. The number of hydrogen-bond acceptors (Lipinski definition) is 1. The van der Waals surface area contributed by atoms with Gasteiger partial charge >= 0.3 is 0 Å². The van der Waals surface area contributed by atoms with Gasteiger partial charge in [0.05, 0.1) is 0 Å². The summed E-state index contributed by atoms with van der Waals surface area (Å²) in [5, 5.41) is 2.61. The zero-order valence-electron chi connectivity index (χ0n) is 14.5. The van der Waals surface area contributed by atoms with E-state index in [1.54, 1.807) is 0 Å². The van der Waals surface area contributed by atoms with Crippen LogP contribution in [-0.2, 0) is 0 Å². The van der Waals surface area contributed by atoms with Gasteiger partial charge in [-0.15, -0.1) is 0 Å². The van der Waals surface area contributed by atoms with E-state index in [2.05, 4.69) is 50.0 Å². The van der Waals surface area contributed by atoms with Crippen LogP contribution in [0.2, 0.25) is 0 Å². The number of nitrogens with zero attached hydrogens (tertiary/aromatic N) is 1. The third-order valence-electron chi connectivity index (χ3n) is 2.37. The lowest BCUT2D eigenvalue weighted by Gasteiger charge is -1.95. The van der Waals surface area contributed by atoms with Gasteiger partial charge in [0, 0.05) is 17.6 Å². The van der Waals surface area contributed by atoms with Crippen molar-refractivity contribution in [2.24, 2.45) is 0 Å². The first-order valence-corrected chi connectivity index (χ1v) is 8.13. The standard InChI is InChI=1S/C12H13N.C3H8.2C2H6/c1-2-10-5-3-4-6-11-7-8-13-9-12(10)11;1-3-2;2*1-2/h3,5-9H,2,4H2,1H3;3H2,1-2H3;2*1-2H3. The van der Waals surface area contributed by atoms with E-state index in [0.29, 0.717) is 0 Å². The van der Waals surface area contributed by atoms with Gasteiger partial charge in [-0.05, 0) is 29.7 Å². The maximum absolute atomic E-state index is 4.16. The Hall–Kier alpha value is -1.37. The van der Waals surface area contributed by atoms with Crippen molar-refractivity contribution in [3.8, 4) is 0 Å². The van der Waals surface area contributed by atoms with Crippen LogP contribution in [0.4, 0.5) is 0 Å². The summed E-state index contributed by atoms with van der Waals surface area (Å²) in [6, 6.07) is 2.08. The molecule has 1 aromatic rings. The maximum Gasteiger partial charge on any atom is 0.0348 e. The molecule has 1 heterocycles. The Kier molecular flexibility index (Phi) is 16.4. The van der Waals surface area contributed by atoms with Crippen LogP contribution >= 0.6 is 0 Å². The molecule has 0 aromatic carbocycles. The Bertz CT molecular complexity index is 455. The van der Waals surface area contributed by atoms with Crippen LogP contribution in [0, 0.1) is 0 Å². The Labute approximate surface area is 126 Å². The number of pyridine rings is 1. The summed E-state index contributed by atoms with van der Waals surface area (Å²) in [5.41, 5.74) is 1.39. The first-order valence-electron chi connectivity index (χ1n) is 8.13. The minimum atomic E-state index is 1.03. The van der Waals surface area contributed by atoms with Gasteiger partial charge in [0.15, 0.2) is 0 Å². The third kappa shape index (κ3) is 7.93. The molecule has 0 radical (unpaired) electrons. The molecule has 0 unspecified atom stereocenters. The van der Waals surface area contributed by atoms with Crippen molar-refractivity contribution >= 4 is 11.6 Å². The summed E-state index contributed by atoms with van der Waals surface area (Å²) in [4.78, 5) is 4.16. The highest BCUT2D eigenvalue weighted by molar-refractivity contribution is 5.58. The molecular weight excluding hydrogens is 242 g/mol. The highest BCUT2D eigenvalue weighted by atomic mass is 14.6. The van der Waals surface area contributed by atoms with Crippen molar-refractivity contribution in [1.82, 2.24) is 4.98 Å². The first kappa shape index (κ1) is 20.9. The second-order valence-corrected chi connectivity index (χ2v) is 3.89. The van der Waals surface area contributed by atoms with Crippen molar-refractivity contribution < 1.29 is 0 Å². The van der Waals surface area contributed by atoms with Crippen LogP contribution in [-0.4, -0.2) is 4.98 Å². The maximum atomic E-state index is 4.16. The molecule has 1 heteroatoms. The first-order chi connectivity index (χ1) is 9.83. The van der Waals surface area contributed by atoms with Crippen molar-refractivity contribution in [3.63, 3.8) is 0 Å². The minimum Gasteiger partial charge on any atom is -0.264 e. The van der Waals surface area contributed by atoms with Gasteiger partial charge in [-0.1, -0.05) is 73.1 Å². The molecule has 1 aliphatic rings. The number of aromatic nitrogens is 1. The van der Waals surface area contributed by atoms with E-state index in [-0.39, 0.29) is 0 Å². The van der Waals surface area contributed by atoms with Crippen molar-refractivity contribution in [2.75, 3.05) is 0 Å². The molecule has 20 heavy (non-hydrogen) atoms. The summed E-state index contributed by atoms with van der Waals surface area (Å²) >= 11 is 0. The highest BCUT2D eigenvalue weighted by Gasteiger charge is 1.95. The van der Waals surface area contributed by atoms with Crippen LogP contribution in [0.3, 0.4) is 0 Å². The molecule has 0 amide bonds. The van der Waals surface area contributed by atoms with Crippen LogP contribution < -0.4 is 10.4 Å². The van der Waals surface area contributed by atoms with E-state index < -0.39 is 0 Å². The van der Waals surface area contributed by atoms with Crippen LogP contribution in [0.1, 0.15) is 67.7 Å². The summed E-state index contributed by atoms with van der Waals surface area (Å²) in [6.07, 6.45) is 13.8. The predicted octanol–water partition coefficient (Wildman–Crippen LogP) is 4.85. The van der Waals surface area contributed by atoms with Gasteiger partial charge in [0.25, 0.3) is 0 Å². The molecule has 0 saturated carbocycles. The second-order valence-electron chi connectivity index (χ2n) is 3.89. The van der Waals surface area contributed by atoms with Gasteiger partial charge in [-0.2, -0.15) is 0 Å². The summed E-state index contributed by atoms with van der Waals surface area (Å²) in [5.74, 6) is 0. The molecule has 0 bridgehead atoms. The van der Waals surface area contributed by atoms with Gasteiger partial charge in [-0.25, -0.2) is 0 Å². The molecule has 1 aliphatic carbocycles. The van der Waals surface area contributed by atoms with Gasteiger partial charge in [-0.3, -0.25) is 4.98 Å². The predicted molar refractivity (Wildman–Crippen MR) is 94.1 cm³/mol. The van der Waals surface area contributed by atoms with Gasteiger partial charge < -0.3 is 0 Å². The van der Waals surface area contributed by atoms with Gasteiger partial charge in [0.1, 0.15) is 0 Å². The molecule has 1 nitrogen and oxygen atoms in total. The Morgan fingerprint density at radius 2 is 1.65 bits per heavy atom. The fourth-order valence-corrected chi connectivity index (χ4v) is 1.65. The van der Waals surface area contributed by atoms with E-state index in [9.17, 15) is 0 Å². The molecule has 114 valence electrons. The second kappa shape index (κ2) is 15.7. The van der Waals surface area contributed by atoms with E-state index in [4.69, 9.17) is 0 Å². The van der Waals surface area contributed by atoms with Crippen LogP contribution in [0.5, 0.6) is 0 Å². The molecular formula is C19H33N. The largest absolute Gasteiger partial charge is 0.264 e. The van der Waals surface area contributed by atoms with E-state index in [0.717, 1.165) is 12.8 Å². The molecule has 2 rings (SSSR count). The third-order valence-corrected chi connectivity index (χ3v) is 2.37. The Morgan fingerprint density at radius 3 is 2.20 bits per heavy atom. The quantitative estimate of drug-likeness (QED) is 0.714. The van der Waals surface area contributed by atoms with Gasteiger partial charge in [0.2, 0.25) is 0 Å². The van der Waals surface area contributed by atoms with E-state index >= 15 is 0 Å². The lowest BCUT2D eigenvalue weighted by molar-refractivity contribution is 1.09. The van der Waals surface area contributed by atoms with E-state index in [1.165, 1.54) is 22.4 Å². The fraction of sp³-hybridized carbons (Fsp3) is 0.526. The molecule has 0 atom stereocenters. The average molecular weight is 275 g/mol. The van der Waals surface area contributed by atoms with Crippen molar-refractivity contribution in [2.45, 2.75) is 67.7 Å². The molecule has 1 aromatic heterocycles. The van der Waals surface area contributed by atoms with E-state index in [1.807, 2.05) is 40.1 Å². The Morgan fingerprint density at radius 1 is 1.05 bits per heavy atom.